The van der Waals surface area contributed by atoms with Crippen LogP contribution in [0.5, 0.6) is 0 Å². The highest BCUT2D eigenvalue weighted by atomic mass is 14.1. The fourth-order valence-corrected chi connectivity index (χ4v) is 1.46. The van der Waals surface area contributed by atoms with E-state index in [0.29, 0.717) is 5.92 Å². The summed E-state index contributed by atoms with van der Waals surface area (Å²) >= 11 is 0. The molecule has 0 bridgehead atoms. The lowest BCUT2D eigenvalue weighted by molar-refractivity contribution is 0.558. The maximum absolute atomic E-state index is 5.50. The highest BCUT2D eigenvalue weighted by Gasteiger charge is 2.09. The monoisotopic (exact) mass is 172 g/mol. The van der Waals surface area contributed by atoms with Gasteiger partial charge in [0.05, 0.1) is 0 Å². The number of hydrogen-bond donors (Lipinski definition) is 0. The molecular weight excluding hydrogens is 156 g/mol. The van der Waals surface area contributed by atoms with Gasteiger partial charge >= 0.3 is 0 Å². The molecular formula is C13H16. The van der Waals surface area contributed by atoms with E-state index in [1.54, 1.807) is 0 Å². The highest BCUT2D eigenvalue weighted by molar-refractivity contribution is 5.26. The first-order valence-corrected chi connectivity index (χ1v) is 4.75. The van der Waals surface area contributed by atoms with Crippen LogP contribution in [-0.4, -0.2) is 0 Å². The van der Waals surface area contributed by atoms with Crippen LogP contribution >= 0.6 is 0 Å². The topological polar surface area (TPSA) is 0 Å². The van der Waals surface area contributed by atoms with E-state index in [9.17, 15) is 0 Å². The Balaban J connectivity index is 2.75. The van der Waals surface area contributed by atoms with Crippen LogP contribution in [0.2, 0.25) is 0 Å². The highest BCUT2D eigenvalue weighted by Crippen LogP contribution is 2.22. The second-order valence-corrected chi connectivity index (χ2v) is 3.76. The van der Waals surface area contributed by atoms with Gasteiger partial charge in [0.2, 0.25) is 0 Å². The van der Waals surface area contributed by atoms with E-state index < -0.39 is 0 Å². The smallest absolute Gasteiger partial charge is 0.0452 e. The van der Waals surface area contributed by atoms with E-state index in [4.69, 9.17) is 6.42 Å². The molecule has 1 rings (SSSR count). The average molecular weight is 172 g/mol. The van der Waals surface area contributed by atoms with E-state index >= 15 is 0 Å². The van der Waals surface area contributed by atoms with Crippen LogP contribution in [0.3, 0.4) is 0 Å². The Morgan fingerprint density at radius 3 is 2.31 bits per heavy atom. The molecule has 1 unspecified atom stereocenters. The van der Waals surface area contributed by atoms with Crippen molar-refractivity contribution in [3.05, 3.63) is 35.9 Å². The first-order valence-electron chi connectivity index (χ1n) is 4.75. The minimum Gasteiger partial charge on any atom is -0.119 e. The van der Waals surface area contributed by atoms with Crippen LogP contribution < -0.4 is 0 Å². The predicted octanol–water partition coefficient (Wildman–Crippen LogP) is 3.45. The van der Waals surface area contributed by atoms with Crippen molar-refractivity contribution in [1.29, 1.82) is 0 Å². The van der Waals surface area contributed by atoms with Crippen molar-refractivity contribution in [3.8, 4) is 12.3 Å². The molecule has 0 N–H and O–H groups in total. The molecule has 68 valence electrons. The summed E-state index contributed by atoms with van der Waals surface area (Å²) in [6.45, 7) is 4.40. The van der Waals surface area contributed by atoms with Crippen LogP contribution in [0.15, 0.2) is 30.3 Å². The molecule has 0 aliphatic heterocycles. The molecule has 1 aromatic rings. The third-order valence-corrected chi connectivity index (χ3v) is 2.11. The van der Waals surface area contributed by atoms with Gasteiger partial charge in [-0.05, 0) is 17.9 Å². The van der Waals surface area contributed by atoms with Crippen LogP contribution in [0, 0.1) is 18.3 Å². The molecule has 1 atom stereocenters. The quantitative estimate of drug-likeness (QED) is 0.613. The Kier molecular flexibility index (Phi) is 3.58. The molecule has 0 aromatic heterocycles. The number of rotatable bonds is 3. The van der Waals surface area contributed by atoms with Gasteiger partial charge < -0.3 is 0 Å². The number of terminal acetylenes is 1. The zero-order valence-electron chi connectivity index (χ0n) is 8.33. The van der Waals surface area contributed by atoms with E-state index in [-0.39, 0.29) is 5.92 Å². The van der Waals surface area contributed by atoms with Crippen LogP contribution in [0.1, 0.15) is 31.7 Å². The minimum absolute atomic E-state index is 0.279. The maximum atomic E-state index is 5.50. The van der Waals surface area contributed by atoms with Crippen molar-refractivity contribution in [2.24, 2.45) is 5.92 Å². The van der Waals surface area contributed by atoms with Crippen molar-refractivity contribution in [2.75, 3.05) is 0 Å². The van der Waals surface area contributed by atoms with Crippen molar-refractivity contribution < 1.29 is 0 Å². The molecule has 1 aromatic carbocycles. The third kappa shape index (κ3) is 2.95. The summed E-state index contributed by atoms with van der Waals surface area (Å²) in [4.78, 5) is 0. The van der Waals surface area contributed by atoms with Gasteiger partial charge in [-0.3, -0.25) is 0 Å². The Morgan fingerprint density at radius 1 is 1.23 bits per heavy atom. The number of benzene rings is 1. The van der Waals surface area contributed by atoms with E-state index in [1.165, 1.54) is 5.56 Å². The lowest BCUT2D eigenvalue weighted by Crippen LogP contribution is -2.00. The Labute approximate surface area is 81.0 Å². The normalized spacial score (nSPS) is 12.5. The largest absolute Gasteiger partial charge is 0.119 e. The fraction of sp³-hybridized carbons (Fsp3) is 0.385. The van der Waals surface area contributed by atoms with Crippen molar-refractivity contribution >= 4 is 0 Å². The summed E-state index contributed by atoms with van der Waals surface area (Å²) in [6, 6.07) is 10.3. The molecule has 0 saturated carbocycles. The average Bonchev–Trinajstić information content (AvgIpc) is 2.15. The zero-order valence-corrected chi connectivity index (χ0v) is 8.33. The summed E-state index contributed by atoms with van der Waals surface area (Å²) in [7, 11) is 0. The van der Waals surface area contributed by atoms with Crippen molar-refractivity contribution in [2.45, 2.75) is 26.2 Å². The predicted molar refractivity (Wildman–Crippen MR) is 57.5 cm³/mol. The second kappa shape index (κ2) is 4.72. The van der Waals surface area contributed by atoms with Gasteiger partial charge in [0.25, 0.3) is 0 Å². The molecule has 0 amide bonds. The molecule has 0 heteroatoms. The van der Waals surface area contributed by atoms with Gasteiger partial charge in [0, 0.05) is 5.92 Å². The van der Waals surface area contributed by atoms with Crippen molar-refractivity contribution in [3.63, 3.8) is 0 Å². The molecule has 0 heterocycles. The van der Waals surface area contributed by atoms with E-state index in [0.717, 1.165) is 6.42 Å². The molecule has 0 fully saturated rings. The van der Waals surface area contributed by atoms with Gasteiger partial charge in [-0.1, -0.05) is 50.1 Å². The maximum Gasteiger partial charge on any atom is 0.0452 e. The van der Waals surface area contributed by atoms with Gasteiger partial charge in [-0.2, -0.15) is 0 Å². The lowest BCUT2D eigenvalue weighted by Gasteiger charge is -2.12. The summed E-state index contributed by atoms with van der Waals surface area (Å²) in [6.07, 6.45) is 6.57. The molecule has 0 saturated heterocycles. The summed E-state index contributed by atoms with van der Waals surface area (Å²) in [5.74, 6) is 3.78. The Morgan fingerprint density at radius 2 is 1.85 bits per heavy atom. The molecule has 0 radical (unpaired) electrons. The van der Waals surface area contributed by atoms with Crippen LogP contribution in [0.25, 0.3) is 0 Å². The summed E-state index contributed by atoms with van der Waals surface area (Å²) in [5.41, 5.74) is 1.26. The molecule has 0 nitrogen and oxygen atoms in total. The Hall–Kier alpha value is -1.22. The summed E-state index contributed by atoms with van der Waals surface area (Å²) in [5, 5.41) is 0. The zero-order chi connectivity index (χ0) is 9.68. The second-order valence-electron chi connectivity index (χ2n) is 3.76. The van der Waals surface area contributed by atoms with Gasteiger partial charge in [-0.25, -0.2) is 0 Å². The lowest BCUT2D eigenvalue weighted by atomic mass is 9.91. The molecule has 0 aliphatic rings. The van der Waals surface area contributed by atoms with Gasteiger partial charge in [-0.15, -0.1) is 6.42 Å². The van der Waals surface area contributed by atoms with Gasteiger partial charge in [0.15, 0.2) is 0 Å². The third-order valence-electron chi connectivity index (χ3n) is 2.11. The standard InChI is InChI=1S/C13H16/c1-4-12(10-11(2)3)13-8-6-5-7-9-13/h1,5-9,11-12H,10H2,2-3H3. The molecule has 0 spiro atoms. The minimum atomic E-state index is 0.279. The molecule has 13 heavy (non-hydrogen) atoms. The Bertz CT molecular complexity index is 277. The first kappa shape index (κ1) is 9.86. The van der Waals surface area contributed by atoms with Gasteiger partial charge in [0.1, 0.15) is 0 Å². The van der Waals surface area contributed by atoms with Crippen LogP contribution in [-0.2, 0) is 0 Å². The SMILES string of the molecule is C#CC(CC(C)C)c1ccccc1. The van der Waals surface area contributed by atoms with E-state index in [2.05, 4.69) is 31.9 Å². The van der Waals surface area contributed by atoms with Crippen molar-refractivity contribution in [1.82, 2.24) is 0 Å². The fourth-order valence-electron chi connectivity index (χ4n) is 1.46. The summed E-state index contributed by atoms with van der Waals surface area (Å²) < 4.78 is 0. The number of hydrogen-bond acceptors (Lipinski definition) is 0. The first-order chi connectivity index (χ1) is 6.24. The van der Waals surface area contributed by atoms with E-state index in [1.807, 2.05) is 18.2 Å². The van der Waals surface area contributed by atoms with Crippen LogP contribution in [0.4, 0.5) is 0 Å². The molecule has 0 aliphatic carbocycles.